The van der Waals surface area contributed by atoms with Gasteiger partial charge in [-0.1, -0.05) is 54.2 Å². The highest BCUT2D eigenvalue weighted by atomic mass is 32.2. The zero-order chi connectivity index (χ0) is 18.1. The summed E-state index contributed by atoms with van der Waals surface area (Å²) in [5, 5.41) is 19.7. The highest BCUT2D eigenvalue weighted by Gasteiger charge is 2.35. The van der Waals surface area contributed by atoms with E-state index >= 15 is 0 Å². The van der Waals surface area contributed by atoms with Crippen LogP contribution >= 0.6 is 11.8 Å². The predicted molar refractivity (Wildman–Crippen MR) is 105 cm³/mol. The van der Waals surface area contributed by atoms with E-state index in [-0.39, 0.29) is 22.8 Å². The van der Waals surface area contributed by atoms with E-state index in [0.29, 0.717) is 11.3 Å². The maximum absolute atomic E-state index is 12.4. The van der Waals surface area contributed by atoms with E-state index in [1.165, 1.54) is 23.9 Å². The van der Waals surface area contributed by atoms with Crippen molar-refractivity contribution >= 4 is 22.7 Å². The molecule has 2 N–H and O–H groups in total. The molecular formula is C21H17NO3S. The molecule has 0 aliphatic carbocycles. The molecular weight excluding hydrogens is 346 g/mol. The highest BCUT2D eigenvalue weighted by molar-refractivity contribution is 8.14. The Labute approximate surface area is 155 Å². The van der Waals surface area contributed by atoms with Crippen LogP contribution in [-0.4, -0.2) is 21.2 Å². The smallest absolute Gasteiger partial charge is 0.286 e. The lowest BCUT2D eigenvalue weighted by Gasteiger charge is -2.25. The van der Waals surface area contributed by atoms with Crippen LogP contribution in [0, 0.1) is 0 Å². The molecule has 130 valence electrons. The topological polar surface area (TPSA) is 60.8 Å². The largest absolute Gasteiger partial charge is 0.508 e. The minimum absolute atomic E-state index is 0.00184. The van der Waals surface area contributed by atoms with Gasteiger partial charge in [0, 0.05) is 23.1 Å². The summed E-state index contributed by atoms with van der Waals surface area (Å²) in [6, 6.07) is 22.1. The van der Waals surface area contributed by atoms with Crippen LogP contribution in [0.3, 0.4) is 0 Å². The number of benzene rings is 3. The molecule has 1 aliphatic rings. The number of hydrogen-bond acceptors (Lipinski definition) is 4. The van der Waals surface area contributed by atoms with Gasteiger partial charge in [0.15, 0.2) is 0 Å². The number of anilines is 1. The van der Waals surface area contributed by atoms with Crippen molar-refractivity contribution in [3.63, 3.8) is 0 Å². The van der Waals surface area contributed by atoms with Crippen molar-refractivity contribution in [1.82, 2.24) is 0 Å². The molecule has 3 aromatic carbocycles. The van der Waals surface area contributed by atoms with Crippen LogP contribution in [0.4, 0.5) is 10.5 Å². The van der Waals surface area contributed by atoms with Gasteiger partial charge in [-0.25, -0.2) is 0 Å². The Morgan fingerprint density at radius 2 is 1.58 bits per heavy atom. The average molecular weight is 363 g/mol. The Bertz CT molecular complexity index is 941. The lowest BCUT2D eigenvalue weighted by atomic mass is 10.0. The Balaban J connectivity index is 1.67. The van der Waals surface area contributed by atoms with Crippen molar-refractivity contribution in [3.8, 4) is 22.6 Å². The van der Waals surface area contributed by atoms with Crippen LogP contribution < -0.4 is 4.90 Å². The molecule has 1 amide bonds. The maximum Gasteiger partial charge on any atom is 0.286 e. The van der Waals surface area contributed by atoms with E-state index in [4.69, 9.17) is 0 Å². The molecule has 0 radical (unpaired) electrons. The third kappa shape index (κ3) is 3.02. The number of phenols is 2. The third-order valence-electron chi connectivity index (χ3n) is 4.50. The molecule has 0 bridgehead atoms. The van der Waals surface area contributed by atoms with Crippen LogP contribution in [-0.2, 0) is 0 Å². The van der Waals surface area contributed by atoms with Crippen LogP contribution in [0.2, 0.25) is 0 Å². The molecule has 26 heavy (non-hydrogen) atoms. The Morgan fingerprint density at radius 3 is 2.27 bits per heavy atom. The van der Waals surface area contributed by atoms with Gasteiger partial charge in [-0.05, 0) is 35.4 Å². The maximum atomic E-state index is 12.4. The quantitative estimate of drug-likeness (QED) is 0.673. The van der Waals surface area contributed by atoms with Crippen LogP contribution in [0.1, 0.15) is 11.6 Å². The number of thioether (sulfide) groups is 1. The Hall–Kier alpha value is -2.92. The summed E-state index contributed by atoms with van der Waals surface area (Å²) in [7, 11) is 0. The van der Waals surface area contributed by atoms with Crippen molar-refractivity contribution in [3.05, 3.63) is 78.4 Å². The van der Waals surface area contributed by atoms with Gasteiger partial charge in [-0.15, -0.1) is 0 Å². The summed E-state index contributed by atoms with van der Waals surface area (Å²) in [6.45, 7) is 0. The van der Waals surface area contributed by atoms with Gasteiger partial charge in [0.05, 0.1) is 6.04 Å². The molecule has 4 nitrogen and oxygen atoms in total. The zero-order valence-electron chi connectivity index (χ0n) is 13.9. The summed E-state index contributed by atoms with van der Waals surface area (Å²) in [5.74, 6) is 0.552. The van der Waals surface area contributed by atoms with Gasteiger partial charge in [0.2, 0.25) is 0 Å². The first-order valence-electron chi connectivity index (χ1n) is 8.27. The monoisotopic (exact) mass is 363 g/mol. The molecule has 1 saturated heterocycles. The van der Waals surface area contributed by atoms with E-state index in [2.05, 4.69) is 0 Å². The lowest BCUT2D eigenvalue weighted by Crippen LogP contribution is -2.26. The molecule has 1 fully saturated rings. The second kappa shape index (κ2) is 6.77. The van der Waals surface area contributed by atoms with Crippen molar-refractivity contribution in [2.75, 3.05) is 10.7 Å². The molecule has 0 spiro atoms. The molecule has 1 aliphatic heterocycles. The number of carbonyl (C=O) groups is 1. The van der Waals surface area contributed by atoms with E-state index < -0.39 is 0 Å². The molecule has 0 saturated carbocycles. The molecule has 5 heteroatoms. The summed E-state index contributed by atoms with van der Waals surface area (Å²) in [5.41, 5.74) is 3.62. The molecule has 1 unspecified atom stereocenters. The van der Waals surface area contributed by atoms with Crippen molar-refractivity contribution in [2.45, 2.75) is 6.04 Å². The van der Waals surface area contributed by atoms with Gasteiger partial charge >= 0.3 is 0 Å². The second-order valence-electron chi connectivity index (χ2n) is 6.12. The number of rotatable bonds is 3. The number of carbonyl (C=O) groups excluding carboxylic acids is 1. The van der Waals surface area contributed by atoms with Crippen molar-refractivity contribution in [2.24, 2.45) is 0 Å². The van der Waals surface area contributed by atoms with Crippen LogP contribution in [0.5, 0.6) is 11.5 Å². The number of hydrogen-bond donors (Lipinski definition) is 2. The fraction of sp³-hybridized carbons (Fsp3) is 0.0952. The lowest BCUT2D eigenvalue weighted by molar-refractivity contribution is 0.265. The average Bonchev–Trinajstić information content (AvgIpc) is 3.04. The molecule has 4 rings (SSSR count). The Kier molecular flexibility index (Phi) is 4.31. The molecule has 3 aromatic rings. The van der Waals surface area contributed by atoms with Crippen LogP contribution in [0.15, 0.2) is 72.8 Å². The second-order valence-corrected chi connectivity index (χ2v) is 7.09. The van der Waals surface area contributed by atoms with E-state index in [9.17, 15) is 15.0 Å². The first-order valence-corrected chi connectivity index (χ1v) is 9.25. The SMILES string of the molecule is O=C1SCC(c2ccc(O)cc2O)N1c1ccc(-c2ccccc2)cc1. The molecule has 1 atom stereocenters. The minimum Gasteiger partial charge on any atom is -0.508 e. The number of phenolic OH excluding ortho intramolecular Hbond substituents is 2. The summed E-state index contributed by atoms with van der Waals surface area (Å²) in [4.78, 5) is 14.1. The van der Waals surface area contributed by atoms with Gasteiger partial charge in [-0.3, -0.25) is 9.69 Å². The first-order chi connectivity index (χ1) is 12.6. The van der Waals surface area contributed by atoms with E-state index in [1.807, 2.05) is 54.6 Å². The third-order valence-corrected chi connectivity index (χ3v) is 5.42. The van der Waals surface area contributed by atoms with Gasteiger partial charge in [0.25, 0.3) is 5.24 Å². The number of nitrogens with zero attached hydrogens (tertiary/aromatic N) is 1. The Morgan fingerprint density at radius 1 is 0.885 bits per heavy atom. The fourth-order valence-corrected chi connectivity index (χ4v) is 4.20. The number of amides is 1. The predicted octanol–water partition coefficient (Wildman–Crippen LogP) is 5.18. The highest BCUT2D eigenvalue weighted by Crippen LogP contribution is 2.42. The summed E-state index contributed by atoms with van der Waals surface area (Å²) < 4.78 is 0. The van der Waals surface area contributed by atoms with E-state index in [0.717, 1.165) is 16.8 Å². The molecule has 1 heterocycles. The number of aromatic hydroxyl groups is 2. The van der Waals surface area contributed by atoms with Crippen molar-refractivity contribution < 1.29 is 15.0 Å². The zero-order valence-corrected chi connectivity index (χ0v) is 14.7. The van der Waals surface area contributed by atoms with Gasteiger partial charge < -0.3 is 10.2 Å². The standard InChI is InChI=1S/C21H17NO3S/c23-17-10-11-18(20(24)12-17)19-13-26-21(25)22(19)16-8-6-15(7-9-16)14-4-2-1-3-5-14/h1-12,19,23-24H,13H2. The van der Waals surface area contributed by atoms with Crippen LogP contribution in [0.25, 0.3) is 11.1 Å². The summed E-state index contributed by atoms with van der Waals surface area (Å²) >= 11 is 1.23. The fourth-order valence-electron chi connectivity index (χ4n) is 3.19. The minimum atomic E-state index is -0.268. The normalized spacial score (nSPS) is 16.8. The van der Waals surface area contributed by atoms with Gasteiger partial charge in [0.1, 0.15) is 11.5 Å². The first kappa shape index (κ1) is 16.5. The molecule has 0 aromatic heterocycles. The van der Waals surface area contributed by atoms with E-state index in [1.54, 1.807) is 11.0 Å². The van der Waals surface area contributed by atoms with Gasteiger partial charge in [-0.2, -0.15) is 0 Å². The summed E-state index contributed by atoms with van der Waals surface area (Å²) in [6.07, 6.45) is 0. The van der Waals surface area contributed by atoms with Crippen molar-refractivity contribution in [1.29, 1.82) is 0 Å².